The molecule has 2 N–H and O–H groups in total. The molecule has 0 saturated heterocycles. The van der Waals surface area contributed by atoms with Gasteiger partial charge >= 0.3 is 25.7 Å². The average Bonchev–Trinajstić information content (AvgIpc) is 3.28. The summed E-state index contributed by atoms with van der Waals surface area (Å²) in [6.07, 6.45) is 47.8. The molecular weight excluding hydrogens is 832 g/mol. The molecule has 370 valence electrons. The highest BCUT2D eigenvalue weighted by molar-refractivity contribution is 7.47. The van der Waals surface area contributed by atoms with Gasteiger partial charge in [-0.3, -0.25) is 23.4 Å². The summed E-state index contributed by atoms with van der Waals surface area (Å²) in [4.78, 5) is 48.1. The van der Waals surface area contributed by atoms with Gasteiger partial charge in [0.2, 0.25) is 0 Å². The number of hydrogen-bond donors (Lipinski definition) is 2. The third-order valence-electron chi connectivity index (χ3n) is 10.5. The lowest BCUT2D eigenvalue weighted by Gasteiger charge is -2.21. The van der Waals surface area contributed by atoms with Gasteiger partial charge in [0.15, 0.2) is 6.10 Å². The van der Waals surface area contributed by atoms with Crippen LogP contribution in [0.4, 0.5) is 0 Å². The fourth-order valence-corrected chi connectivity index (χ4v) is 7.41. The van der Waals surface area contributed by atoms with Crippen LogP contribution in [-0.2, 0) is 42.2 Å². The lowest BCUT2D eigenvalue weighted by molar-refractivity contribution is -0.161. The number of ether oxygens (including phenoxy) is 3. The first-order valence-electron chi connectivity index (χ1n) is 25.2. The third-order valence-corrected chi connectivity index (χ3v) is 11.4. The van der Waals surface area contributed by atoms with Gasteiger partial charge < -0.3 is 24.2 Å². The summed E-state index contributed by atoms with van der Waals surface area (Å²) in [5.41, 5.74) is 0. The van der Waals surface area contributed by atoms with E-state index in [0.717, 1.165) is 70.6 Å². The van der Waals surface area contributed by atoms with Crippen molar-refractivity contribution in [2.24, 2.45) is 0 Å². The van der Waals surface area contributed by atoms with Crippen LogP contribution in [0, 0.1) is 0 Å². The van der Waals surface area contributed by atoms with Crippen molar-refractivity contribution in [2.75, 3.05) is 26.4 Å². The first-order chi connectivity index (χ1) is 31.2. The molecule has 0 rings (SSSR count). The number of hydrogen-bond acceptors (Lipinski definition) is 10. The normalized spacial score (nSPS) is 14.0. The van der Waals surface area contributed by atoms with Crippen LogP contribution in [0.15, 0.2) is 60.8 Å². The molecule has 0 aliphatic rings. The van der Waals surface area contributed by atoms with Gasteiger partial charge in [0.25, 0.3) is 0 Å². The van der Waals surface area contributed by atoms with E-state index in [0.29, 0.717) is 25.7 Å². The van der Waals surface area contributed by atoms with E-state index in [2.05, 4.69) is 69.4 Å². The molecule has 0 aliphatic carbocycles. The van der Waals surface area contributed by atoms with Gasteiger partial charge in [-0.2, -0.15) is 0 Å². The van der Waals surface area contributed by atoms with E-state index in [4.69, 9.17) is 23.3 Å². The Hall–Kier alpha value is -2.82. The van der Waals surface area contributed by atoms with Crippen LogP contribution >= 0.6 is 7.82 Å². The highest BCUT2D eigenvalue weighted by Gasteiger charge is 2.28. The molecule has 64 heavy (non-hydrogen) atoms. The van der Waals surface area contributed by atoms with Crippen LogP contribution < -0.4 is 0 Å². The highest BCUT2D eigenvalue weighted by Crippen LogP contribution is 2.43. The quantitative estimate of drug-likeness (QED) is 0.0197. The van der Waals surface area contributed by atoms with Gasteiger partial charge in [-0.1, -0.05) is 197 Å². The number of rotatable bonds is 46. The van der Waals surface area contributed by atoms with Gasteiger partial charge in [0.1, 0.15) is 12.7 Å². The van der Waals surface area contributed by atoms with E-state index >= 15 is 0 Å². The van der Waals surface area contributed by atoms with Crippen molar-refractivity contribution < 1.29 is 52.2 Å². The first kappa shape index (κ1) is 61.2. The fourth-order valence-electron chi connectivity index (χ4n) is 6.63. The Kier molecular flexibility index (Phi) is 44.6. The minimum atomic E-state index is -4.75. The molecule has 11 nitrogen and oxygen atoms in total. The lowest BCUT2D eigenvalue weighted by Crippen LogP contribution is -2.30. The fraction of sp³-hybridized carbons (Fsp3) is 0.750. The molecule has 0 spiro atoms. The molecular formula is C52H91O11P. The van der Waals surface area contributed by atoms with Crippen LogP contribution in [0.5, 0.6) is 0 Å². The minimum absolute atomic E-state index is 0.0905. The van der Waals surface area contributed by atoms with Gasteiger partial charge in [0, 0.05) is 19.3 Å². The van der Waals surface area contributed by atoms with Crippen molar-refractivity contribution in [3.8, 4) is 0 Å². The summed E-state index contributed by atoms with van der Waals surface area (Å²) in [6.45, 7) is 4.42. The van der Waals surface area contributed by atoms with Crippen molar-refractivity contribution >= 4 is 25.7 Å². The molecule has 3 unspecified atom stereocenters. The number of aliphatic hydroxyl groups is 1. The number of aliphatic hydroxyl groups excluding tert-OH is 1. The predicted molar refractivity (Wildman–Crippen MR) is 261 cm³/mol. The predicted octanol–water partition coefficient (Wildman–Crippen LogP) is 14.0. The van der Waals surface area contributed by atoms with Crippen LogP contribution in [0.25, 0.3) is 0 Å². The van der Waals surface area contributed by atoms with E-state index < -0.39 is 57.8 Å². The number of esters is 3. The van der Waals surface area contributed by atoms with Gasteiger partial charge in [-0.25, -0.2) is 4.57 Å². The molecule has 0 heterocycles. The van der Waals surface area contributed by atoms with Gasteiger partial charge in [-0.15, -0.1) is 0 Å². The Bertz CT molecular complexity index is 1310. The van der Waals surface area contributed by atoms with Crippen LogP contribution in [0.2, 0.25) is 0 Å². The van der Waals surface area contributed by atoms with E-state index in [-0.39, 0.29) is 25.9 Å². The Balaban J connectivity index is 4.80. The molecule has 0 aromatic heterocycles. The number of carbonyl (C=O) groups is 3. The molecule has 0 bridgehead atoms. The molecule has 0 aliphatic heterocycles. The largest absolute Gasteiger partial charge is 0.472 e. The molecule has 0 radical (unpaired) electrons. The zero-order valence-electron chi connectivity index (χ0n) is 40.5. The number of carbonyl (C=O) groups excluding carboxylic acids is 3. The molecule has 0 aromatic rings. The minimum Gasteiger partial charge on any atom is -0.462 e. The molecule has 0 saturated carbocycles. The Morgan fingerprint density at radius 2 is 0.812 bits per heavy atom. The zero-order valence-corrected chi connectivity index (χ0v) is 41.4. The first-order valence-corrected chi connectivity index (χ1v) is 26.7. The Morgan fingerprint density at radius 3 is 1.25 bits per heavy atom. The maximum atomic E-state index is 12.8. The van der Waals surface area contributed by atoms with Crippen molar-refractivity contribution in [3.05, 3.63) is 60.8 Å². The number of allylic oxidation sites excluding steroid dienone is 10. The molecule has 0 aromatic carbocycles. The molecule has 12 heteroatoms. The van der Waals surface area contributed by atoms with Crippen LogP contribution in [-0.4, -0.2) is 66.5 Å². The van der Waals surface area contributed by atoms with Crippen molar-refractivity contribution in [2.45, 2.75) is 226 Å². The summed E-state index contributed by atoms with van der Waals surface area (Å²) in [6, 6.07) is 0. The van der Waals surface area contributed by atoms with Crippen molar-refractivity contribution in [3.63, 3.8) is 0 Å². The molecule has 0 amide bonds. The summed E-state index contributed by atoms with van der Waals surface area (Å²) < 4.78 is 39.2. The van der Waals surface area contributed by atoms with Crippen LogP contribution in [0.3, 0.4) is 0 Å². The number of phosphoric acid groups is 1. The highest BCUT2D eigenvalue weighted by atomic mass is 31.2. The van der Waals surface area contributed by atoms with E-state index in [1.165, 1.54) is 77.0 Å². The van der Waals surface area contributed by atoms with Crippen LogP contribution in [0.1, 0.15) is 213 Å². The summed E-state index contributed by atoms with van der Waals surface area (Å²) in [5.74, 6) is -1.54. The smallest absolute Gasteiger partial charge is 0.462 e. The average molecular weight is 923 g/mol. The lowest BCUT2D eigenvalue weighted by atomic mass is 10.1. The second-order valence-electron chi connectivity index (χ2n) is 16.6. The van der Waals surface area contributed by atoms with E-state index in [1.807, 2.05) is 12.2 Å². The maximum absolute atomic E-state index is 12.8. The number of unbranched alkanes of at least 4 members (excludes halogenated alkanes) is 19. The van der Waals surface area contributed by atoms with Gasteiger partial charge in [-0.05, 0) is 57.8 Å². The summed E-state index contributed by atoms with van der Waals surface area (Å²) in [5, 5.41) is 9.74. The maximum Gasteiger partial charge on any atom is 0.472 e. The second-order valence-corrected chi connectivity index (χ2v) is 18.1. The van der Waals surface area contributed by atoms with Gasteiger partial charge in [0.05, 0.1) is 19.8 Å². The second kappa shape index (κ2) is 46.7. The summed E-state index contributed by atoms with van der Waals surface area (Å²) >= 11 is 0. The monoisotopic (exact) mass is 923 g/mol. The standard InChI is InChI=1S/C52H91O11P/c1-4-7-10-13-16-19-21-22-23-24-25-26-28-31-34-37-40-43-52(56)63-49(45-59-50(54)41-38-35-32-29-18-15-12-9-6-3)47-61-64(57,58)60-46-48(44-53)62-51(55)42-39-36-33-30-27-20-17-14-11-8-5-2/h7,10,16,19,22-23,25-26,31,34,48-49,53H,4-6,8-9,11-15,17-18,20-21,24,27-30,32-33,35-47H2,1-3H3,(H,57,58)/b10-7-,19-16-,23-22-,26-25-,34-31-. The zero-order chi connectivity index (χ0) is 47.0. The summed E-state index contributed by atoms with van der Waals surface area (Å²) in [7, 11) is -4.75. The number of phosphoric ester groups is 1. The third kappa shape index (κ3) is 44.4. The Labute approximate surface area is 389 Å². The molecule has 0 fully saturated rings. The topological polar surface area (TPSA) is 155 Å². The van der Waals surface area contributed by atoms with E-state index in [9.17, 15) is 28.9 Å². The molecule has 3 atom stereocenters. The van der Waals surface area contributed by atoms with Crippen molar-refractivity contribution in [1.29, 1.82) is 0 Å². The van der Waals surface area contributed by atoms with Crippen molar-refractivity contribution in [1.82, 2.24) is 0 Å². The van der Waals surface area contributed by atoms with E-state index in [1.54, 1.807) is 0 Å². The Morgan fingerprint density at radius 1 is 0.453 bits per heavy atom. The SMILES string of the molecule is CC/C=C\C/C=C\C/C=C\C/C=C\C/C=C\CCCC(=O)OC(COC(=O)CCCCCCCCCCC)COP(=O)(O)OCC(CO)OC(=O)CCCCCCCCCCCCC.